The van der Waals surface area contributed by atoms with Crippen molar-refractivity contribution >= 4 is 5.91 Å². The molecule has 1 aromatic carbocycles. The van der Waals surface area contributed by atoms with Crippen LogP contribution in [0.1, 0.15) is 31.2 Å². The van der Waals surface area contributed by atoms with Gasteiger partial charge in [-0.15, -0.1) is 0 Å². The number of nitrogens with one attached hydrogen (secondary N) is 1. The van der Waals surface area contributed by atoms with Crippen molar-refractivity contribution in [2.45, 2.75) is 32.2 Å². The molecule has 1 heterocycles. The third-order valence-electron chi connectivity index (χ3n) is 4.04. The lowest BCUT2D eigenvalue weighted by molar-refractivity contribution is -0.130. The van der Waals surface area contributed by atoms with Gasteiger partial charge in [-0.1, -0.05) is 12.5 Å². The Morgan fingerprint density at radius 2 is 2.05 bits per heavy atom. The Bertz CT molecular complexity index is 491. The predicted molar refractivity (Wildman–Crippen MR) is 86.3 cm³/mol. The molecule has 122 valence electrons. The molecule has 1 aliphatic heterocycles. The molecular weight excluding hydrogens is 280 g/mol. The van der Waals surface area contributed by atoms with Crippen molar-refractivity contribution in [3.05, 3.63) is 23.8 Å². The Kier molecular flexibility index (Phi) is 6.52. The lowest BCUT2D eigenvalue weighted by atomic mass is 10.2. The van der Waals surface area contributed by atoms with Crippen LogP contribution in [0.2, 0.25) is 0 Å². The first-order chi connectivity index (χ1) is 10.7. The van der Waals surface area contributed by atoms with Gasteiger partial charge >= 0.3 is 0 Å². The zero-order chi connectivity index (χ0) is 15.8. The van der Waals surface area contributed by atoms with Crippen LogP contribution in [0.25, 0.3) is 0 Å². The molecule has 0 radical (unpaired) electrons. The van der Waals surface area contributed by atoms with Gasteiger partial charge in [0.1, 0.15) is 11.5 Å². The number of hydrogen-bond acceptors (Lipinski definition) is 4. The van der Waals surface area contributed by atoms with Crippen molar-refractivity contribution in [3.8, 4) is 11.5 Å². The molecule has 1 N–H and O–H groups in total. The van der Waals surface area contributed by atoms with Gasteiger partial charge in [-0.3, -0.25) is 4.79 Å². The van der Waals surface area contributed by atoms with Crippen LogP contribution in [0.4, 0.5) is 0 Å². The maximum atomic E-state index is 11.9. The third kappa shape index (κ3) is 4.63. The minimum atomic E-state index is 0.293. The summed E-state index contributed by atoms with van der Waals surface area (Å²) in [5.41, 5.74) is 1.09. The zero-order valence-electron chi connectivity index (χ0n) is 13.6. The summed E-state index contributed by atoms with van der Waals surface area (Å²) in [5, 5.41) is 3.39. The molecule has 5 nitrogen and oxygen atoms in total. The summed E-state index contributed by atoms with van der Waals surface area (Å²) in [6.45, 7) is 3.18. The van der Waals surface area contributed by atoms with Crippen molar-refractivity contribution < 1.29 is 14.3 Å². The summed E-state index contributed by atoms with van der Waals surface area (Å²) in [7, 11) is 3.30. The fraction of sp³-hybridized carbons (Fsp3) is 0.588. The molecule has 2 rings (SSSR count). The average molecular weight is 306 g/mol. The van der Waals surface area contributed by atoms with Gasteiger partial charge in [0.25, 0.3) is 0 Å². The number of nitrogens with zero attached hydrogens (tertiary/aromatic N) is 1. The van der Waals surface area contributed by atoms with Crippen molar-refractivity contribution in [3.63, 3.8) is 0 Å². The Morgan fingerprint density at radius 3 is 2.82 bits per heavy atom. The van der Waals surface area contributed by atoms with Gasteiger partial charge in [-0.2, -0.15) is 0 Å². The van der Waals surface area contributed by atoms with Gasteiger partial charge in [0, 0.05) is 44.2 Å². The number of rotatable bonds is 7. The van der Waals surface area contributed by atoms with Crippen LogP contribution in [0, 0.1) is 0 Å². The molecule has 0 aromatic heterocycles. The van der Waals surface area contributed by atoms with Crippen LogP contribution in [0.15, 0.2) is 18.2 Å². The van der Waals surface area contributed by atoms with Crippen LogP contribution >= 0.6 is 0 Å². The van der Waals surface area contributed by atoms with Crippen LogP contribution in [0.3, 0.4) is 0 Å². The molecule has 1 aromatic rings. The number of ether oxygens (including phenoxy) is 2. The van der Waals surface area contributed by atoms with E-state index in [2.05, 4.69) is 5.32 Å². The maximum absolute atomic E-state index is 11.9. The number of carbonyl (C=O) groups is 1. The van der Waals surface area contributed by atoms with E-state index in [0.717, 1.165) is 56.1 Å². The van der Waals surface area contributed by atoms with E-state index in [0.29, 0.717) is 12.3 Å². The summed E-state index contributed by atoms with van der Waals surface area (Å²) in [4.78, 5) is 13.9. The highest BCUT2D eigenvalue weighted by Gasteiger charge is 2.15. The number of methoxy groups -OCH3 is 2. The number of hydrogen-bond donors (Lipinski definition) is 1. The smallest absolute Gasteiger partial charge is 0.222 e. The average Bonchev–Trinajstić information content (AvgIpc) is 2.76. The summed E-state index contributed by atoms with van der Waals surface area (Å²) in [6.07, 6.45) is 4.02. The Morgan fingerprint density at radius 1 is 1.18 bits per heavy atom. The van der Waals surface area contributed by atoms with E-state index in [9.17, 15) is 4.79 Å². The summed E-state index contributed by atoms with van der Waals surface area (Å²) in [5.74, 6) is 1.90. The molecule has 0 saturated carbocycles. The van der Waals surface area contributed by atoms with Crippen LogP contribution < -0.4 is 14.8 Å². The second-order valence-electron chi connectivity index (χ2n) is 5.55. The molecular formula is C17H26N2O3. The normalized spacial score (nSPS) is 15.5. The van der Waals surface area contributed by atoms with E-state index in [1.165, 1.54) is 6.42 Å². The van der Waals surface area contributed by atoms with Gasteiger partial charge in [-0.05, 0) is 18.9 Å². The summed E-state index contributed by atoms with van der Waals surface area (Å²) >= 11 is 0. The molecule has 22 heavy (non-hydrogen) atoms. The quantitative estimate of drug-likeness (QED) is 0.785. The third-order valence-corrected chi connectivity index (χ3v) is 4.04. The number of amides is 1. The van der Waals surface area contributed by atoms with E-state index in [1.54, 1.807) is 14.2 Å². The molecule has 0 bridgehead atoms. The van der Waals surface area contributed by atoms with Crippen LogP contribution in [0.5, 0.6) is 11.5 Å². The zero-order valence-corrected chi connectivity index (χ0v) is 13.6. The molecule has 0 atom stereocenters. The van der Waals surface area contributed by atoms with E-state index < -0.39 is 0 Å². The Labute approximate surface area is 132 Å². The second kappa shape index (κ2) is 8.63. The van der Waals surface area contributed by atoms with E-state index in [4.69, 9.17) is 9.47 Å². The first-order valence-electron chi connectivity index (χ1n) is 7.94. The Hall–Kier alpha value is -1.75. The van der Waals surface area contributed by atoms with Gasteiger partial charge in [-0.25, -0.2) is 0 Å². The molecule has 0 aliphatic carbocycles. The first-order valence-corrected chi connectivity index (χ1v) is 7.94. The van der Waals surface area contributed by atoms with E-state index in [1.807, 2.05) is 23.1 Å². The van der Waals surface area contributed by atoms with E-state index >= 15 is 0 Å². The van der Waals surface area contributed by atoms with Gasteiger partial charge in [0.2, 0.25) is 5.91 Å². The predicted octanol–water partition coefficient (Wildman–Crippen LogP) is 2.20. The fourth-order valence-corrected chi connectivity index (χ4v) is 2.71. The largest absolute Gasteiger partial charge is 0.497 e. The summed E-state index contributed by atoms with van der Waals surface area (Å²) in [6, 6.07) is 5.81. The van der Waals surface area contributed by atoms with Gasteiger partial charge in [0.05, 0.1) is 14.2 Å². The molecule has 1 saturated heterocycles. The highest BCUT2D eigenvalue weighted by Crippen LogP contribution is 2.24. The molecule has 1 aliphatic rings. The minimum absolute atomic E-state index is 0.293. The lowest BCUT2D eigenvalue weighted by Crippen LogP contribution is -2.36. The van der Waals surface area contributed by atoms with Crippen molar-refractivity contribution in [2.75, 3.05) is 33.9 Å². The molecule has 1 fully saturated rings. The fourth-order valence-electron chi connectivity index (χ4n) is 2.71. The van der Waals surface area contributed by atoms with Gasteiger partial charge < -0.3 is 19.7 Å². The summed E-state index contributed by atoms with van der Waals surface area (Å²) < 4.78 is 10.6. The van der Waals surface area contributed by atoms with Crippen LogP contribution in [-0.2, 0) is 11.3 Å². The first kappa shape index (κ1) is 16.6. The van der Waals surface area contributed by atoms with Crippen molar-refractivity contribution in [1.82, 2.24) is 10.2 Å². The molecule has 0 unspecified atom stereocenters. The van der Waals surface area contributed by atoms with Crippen LogP contribution in [-0.4, -0.2) is 44.7 Å². The molecule has 0 spiro atoms. The Balaban J connectivity index is 1.79. The number of benzene rings is 1. The van der Waals surface area contributed by atoms with E-state index in [-0.39, 0.29) is 0 Å². The number of carbonyl (C=O) groups excluding carboxylic acids is 1. The standard InChI is InChI=1S/C17H26N2O3/c1-21-15-8-7-14(16(12-15)22-2)13-18-9-11-19-10-5-3-4-6-17(19)20/h7-8,12,18H,3-6,9-11,13H2,1-2H3. The minimum Gasteiger partial charge on any atom is -0.497 e. The second-order valence-corrected chi connectivity index (χ2v) is 5.55. The topological polar surface area (TPSA) is 50.8 Å². The highest BCUT2D eigenvalue weighted by molar-refractivity contribution is 5.76. The lowest BCUT2D eigenvalue weighted by Gasteiger charge is -2.20. The highest BCUT2D eigenvalue weighted by atomic mass is 16.5. The monoisotopic (exact) mass is 306 g/mol. The van der Waals surface area contributed by atoms with Crippen molar-refractivity contribution in [2.24, 2.45) is 0 Å². The number of likely N-dealkylation sites (tertiary alicyclic amines) is 1. The molecule has 5 heteroatoms. The van der Waals surface area contributed by atoms with Crippen molar-refractivity contribution in [1.29, 1.82) is 0 Å². The van der Waals surface area contributed by atoms with Gasteiger partial charge in [0.15, 0.2) is 0 Å². The molecule has 1 amide bonds. The SMILES string of the molecule is COc1ccc(CNCCN2CCCCCC2=O)c(OC)c1. The maximum Gasteiger partial charge on any atom is 0.222 e.